The van der Waals surface area contributed by atoms with Crippen LogP contribution >= 0.6 is 11.8 Å². The molecule has 0 aliphatic carbocycles. The van der Waals surface area contributed by atoms with Crippen molar-refractivity contribution in [3.8, 4) is 5.75 Å². The lowest BCUT2D eigenvalue weighted by Gasteiger charge is -2.34. The molecule has 5 atom stereocenters. The van der Waals surface area contributed by atoms with Crippen molar-refractivity contribution in [3.05, 3.63) is 29.8 Å². The molecule has 1 aromatic carbocycles. The third kappa shape index (κ3) is 8.37. The fraction of sp³-hybridized carbons (Fsp3) is 0.655. The lowest BCUT2D eigenvalue weighted by molar-refractivity contribution is -0.144. The normalized spacial score (nSPS) is 25.1. The van der Waals surface area contributed by atoms with Gasteiger partial charge in [-0.3, -0.25) is 19.2 Å². The molecule has 0 aromatic heterocycles. The summed E-state index contributed by atoms with van der Waals surface area (Å²) in [7, 11) is 1.59. The van der Waals surface area contributed by atoms with E-state index in [1.54, 1.807) is 35.9 Å². The van der Waals surface area contributed by atoms with Crippen molar-refractivity contribution < 1.29 is 23.9 Å². The van der Waals surface area contributed by atoms with Crippen molar-refractivity contribution in [1.29, 1.82) is 0 Å². The molecule has 0 unspecified atom stereocenters. The topological polar surface area (TPSA) is 117 Å². The van der Waals surface area contributed by atoms with Crippen molar-refractivity contribution in [2.75, 3.05) is 25.7 Å². The second kappa shape index (κ2) is 15.1. The molecule has 39 heavy (non-hydrogen) atoms. The Morgan fingerprint density at radius 2 is 1.67 bits per heavy atom. The maximum Gasteiger partial charge on any atom is 0.246 e. The van der Waals surface area contributed by atoms with E-state index in [-0.39, 0.29) is 30.1 Å². The van der Waals surface area contributed by atoms with Gasteiger partial charge in [0, 0.05) is 13.0 Å². The van der Waals surface area contributed by atoms with Crippen molar-refractivity contribution in [3.63, 3.8) is 0 Å². The number of unbranched alkanes of at least 4 members (excludes halogenated alkanes) is 2. The van der Waals surface area contributed by atoms with Crippen LogP contribution in [-0.2, 0) is 25.6 Å². The number of carbonyl (C=O) groups is 4. The predicted molar refractivity (Wildman–Crippen MR) is 154 cm³/mol. The fourth-order valence-corrected chi connectivity index (χ4v) is 5.70. The number of fused-ring (bicyclic) bond motifs is 1. The third-order valence-electron chi connectivity index (χ3n) is 7.82. The molecule has 0 radical (unpaired) electrons. The van der Waals surface area contributed by atoms with Crippen LogP contribution in [0.5, 0.6) is 5.75 Å². The van der Waals surface area contributed by atoms with Gasteiger partial charge in [-0.2, -0.15) is 11.8 Å². The minimum atomic E-state index is -0.907. The first kappa shape index (κ1) is 30.8. The van der Waals surface area contributed by atoms with Crippen molar-refractivity contribution >= 4 is 35.4 Å². The number of nitrogens with zero attached hydrogens (tertiary/aromatic N) is 1. The molecule has 2 aliphatic rings. The average Bonchev–Trinajstić information content (AvgIpc) is 3.44. The Kier molecular flexibility index (Phi) is 12.0. The van der Waals surface area contributed by atoms with Gasteiger partial charge in [0.25, 0.3) is 0 Å². The summed E-state index contributed by atoms with van der Waals surface area (Å²) >= 11 is 1.78. The molecule has 4 amide bonds. The minimum Gasteiger partial charge on any atom is -0.497 e. The number of hydrogen-bond donors (Lipinski definition) is 3. The highest BCUT2D eigenvalue weighted by atomic mass is 32.2. The van der Waals surface area contributed by atoms with Gasteiger partial charge in [0.15, 0.2) is 0 Å². The Hall–Kier alpha value is -2.75. The Balaban J connectivity index is 1.91. The molecule has 0 saturated carbocycles. The van der Waals surface area contributed by atoms with Crippen LogP contribution in [0.15, 0.2) is 24.3 Å². The smallest absolute Gasteiger partial charge is 0.246 e. The summed E-state index contributed by atoms with van der Waals surface area (Å²) in [6, 6.07) is 4.22. The van der Waals surface area contributed by atoms with Crippen molar-refractivity contribution in [2.45, 2.75) is 89.4 Å². The van der Waals surface area contributed by atoms with Crippen LogP contribution in [0.1, 0.15) is 64.4 Å². The number of hydrogen-bond acceptors (Lipinski definition) is 6. The van der Waals surface area contributed by atoms with Crippen LogP contribution in [0.4, 0.5) is 0 Å². The number of benzene rings is 1. The van der Waals surface area contributed by atoms with E-state index in [0.717, 1.165) is 30.6 Å². The van der Waals surface area contributed by atoms with E-state index in [9.17, 15) is 19.2 Å². The highest BCUT2D eigenvalue weighted by Gasteiger charge is 2.41. The summed E-state index contributed by atoms with van der Waals surface area (Å²) in [6.45, 7) is 4.35. The average molecular weight is 561 g/mol. The lowest BCUT2D eigenvalue weighted by Crippen LogP contribution is -2.62. The van der Waals surface area contributed by atoms with Crippen LogP contribution in [-0.4, -0.2) is 78.4 Å². The Morgan fingerprint density at radius 1 is 0.974 bits per heavy atom. The second-order valence-electron chi connectivity index (χ2n) is 10.6. The van der Waals surface area contributed by atoms with Crippen LogP contribution in [0.3, 0.4) is 0 Å². The summed E-state index contributed by atoms with van der Waals surface area (Å²) in [5.74, 6) is 0.283. The van der Waals surface area contributed by atoms with E-state index in [1.165, 1.54) is 0 Å². The van der Waals surface area contributed by atoms with Gasteiger partial charge in [-0.25, -0.2) is 0 Å². The summed E-state index contributed by atoms with van der Waals surface area (Å²) in [4.78, 5) is 55.9. The van der Waals surface area contributed by atoms with Gasteiger partial charge in [-0.15, -0.1) is 0 Å². The number of ether oxygens (including phenoxy) is 1. The van der Waals surface area contributed by atoms with E-state index in [4.69, 9.17) is 4.74 Å². The Labute approximate surface area is 236 Å². The second-order valence-corrected chi connectivity index (χ2v) is 11.6. The number of amides is 4. The number of carbonyl (C=O) groups excluding carboxylic acids is 4. The molecule has 2 saturated heterocycles. The number of rotatable bonds is 11. The Bertz CT molecular complexity index is 988. The molecule has 2 heterocycles. The molecule has 0 spiro atoms. The standard InChI is InChI=1S/C29H44N4O5S/c1-5-19(2)25-29(37)33-16-9-11-24(33)28(36)30-22(10-7-6-8-17-39-4)26(34)31-23(27(35)32-25)18-20-12-14-21(38-3)15-13-20/h12-15,19,22-25H,5-11,16-18H2,1-4H3,(H,30,36)(H,31,34)(H,32,35)/t19-,22-,23+,24+,25-/m0/s1. The first-order chi connectivity index (χ1) is 18.8. The third-order valence-corrected chi connectivity index (χ3v) is 8.52. The first-order valence-corrected chi connectivity index (χ1v) is 15.5. The van der Waals surface area contributed by atoms with E-state index >= 15 is 0 Å². The van der Waals surface area contributed by atoms with Gasteiger partial charge in [0.1, 0.15) is 29.9 Å². The molecule has 3 rings (SSSR count). The molecule has 216 valence electrons. The van der Waals surface area contributed by atoms with Crippen molar-refractivity contribution in [2.24, 2.45) is 5.92 Å². The summed E-state index contributed by atoms with van der Waals surface area (Å²) < 4.78 is 5.24. The quantitative estimate of drug-likeness (QED) is 0.359. The summed E-state index contributed by atoms with van der Waals surface area (Å²) in [5.41, 5.74) is 0.840. The number of thioether (sulfide) groups is 1. The highest BCUT2D eigenvalue weighted by Crippen LogP contribution is 2.23. The van der Waals surface area contributed by atoms with Crippen LogP contribution in [0.25, 0.3) is 0 Å². The van der Waals surface area contributed by atoms with E-state index in [2.05, 4.69) is 22.2 Å². The van der Waals surface area contributed by atoms with E-state index in [1.807, 2.05) is 26.0 Å². The molecular weight excluding hydrogens is 516 g/mol. The number of nitrogens with one attached hydrogen (secondary N) is 3. The minimum absolute atomic E-state index is 0.139. The maximum absolute atomic E-state index is 13.7. The summed E-state index contributed by atoms with van der Waals surface area (Å²) in [5, 5.41) is 8.81. The molecule has 1 aromatic rings. The molecule has 3 N–H and O–H groups in total. The lowest BCUT2D eigenvalue weighted by atomic mass is 9.95. The molecule has 2 fully saturated rings. The van der Waals surface area contributed by atoms with Crippen LogP contribution in [0, 0.1) is 5.92 Å². The van der Waals surface area contributed by atoms with Gasteiger partial charge in [-0.05, 0) is 61.3 Å². The predicted octanol–water partition coefficient (Wildman–Crippen LogP) is 2.67. The maximum atomic E-state index is 13.7. The zero-order valence-corrected chi connectivity index (χ0v) is 24.5. The largest absolute Gasteiger partial charge is 0.497 e. The van der Waals surface area contributed by atoms with Gasteiger partial charge in [-0.1, -0.05) is 45.2 Å². The van der Waals surface area contributed by atoms with E-state index in [0.29, 0.717) is 38.0 Å². The van der Waals surface area contributed by atoms with Gasteiger partial charge in [0.2, 0.25) is 23.6 Å². The molecule has 10 heteroatoms. The van der Waals surface area contributed by atoms with Gasteiger partial charge >= 0.3 is 0 Å². The number of methoxy groups -OCH3 is 1. The molecular formula is C29H44N4O5S. The Morgan fingerprint density at radius 3 is 2.33 bits per heavy atom. The molecule has 0 bridgehead atoms. The highest BCUT2D eigenvalue weighted by molar-refractivity contribution is 7.98. The fourth-order valence-electron chi connectivity index (χ4n) is 5.21. The SMILES string of the molecule is CC[C@H](C)[C@@H]1NC(=O)[C@@H](Cc2ccc(OC)cc2)NC(=O)[C@H](CCCCCSC)NC(=O)[C@H]2CCCN2C1=O. The molecule has 2 aliphatic heterocycles. The van der Waals surface area contributed by atoms with E-state index < -0.39 is 30.1 Å². The first-order valence-electron chi connectivity index (χ1n) is 14.1. The van der Waals surface area contributed by atoms with Gasteiger partial charge in [0.05, 0.1) is 7.11 Å². The summed E-state index contributed by atoms with van der Waals surface area (Å²) in [6.07, 6.45) is 7.46. The van der Waals surface area contributed by atoms with Crippen LogP contribution in [0.2, 0.25) is 0 Å². The van der Waals surface area contributed by atoms with Crippen molar-refractivity contribution in [1.82, 2.24) is 20.9 Å². The van der Waals surface area contributed by atoms with Gasteiger partial charge < -0.3 is 25.6 Å². The van der Waals surface area contributed by atoms with Crippen LogP contribution < -0.4 is 20.7 Å². The zero-order chi connectivity index (χ0) is 28.4. The zero-order valence-electron chi connectivity index (χ0n) is 23.7. The molecule has 9 nitrogen and oxygen atoms in total. The monoisotopic (exact) mass is 560 g/mol.